The molecule has 1 N–H and O–H groups in total. The fourth-order valence-corrected chi connectivity index (χ4v) is 4.20. The highest BCUT2D eigenvalue weighted by Crippen LogP contribution is 2.34. The van der Waals surface area contributed by atoms with E-state index in [1.54, 1.807) is 0 Å². The summed E-state index contributed by atoms with van der Waals surface area (Å²) in [5, 5.41) is 14.1. The third-order valence-corrected chi connectivity index (χ3v) is 5.75. The number of hydrogen-bond acceptors (Lipinski definition) is 6. The summed E-state index contributed by atoms with van der Waals surface area (Å²) in [5.74, 6) is -0.493. The summed E-state index contributed by atoms with van der Waals surface area (Å²) in [5.41, 5.74) is 2.15. The van der Waals surface area contributed by atoms with Crippen LogP contribution in [0.5, 0.6) is 0 Å². The molecule has 0 saturated heterocycles. The molecule has 8 nitrogen and oxygen atoms in total. The highest BCUT2D eigenvalue weighted by Gasteiger charge is 2.16. The standard InChI is InChI=1S/C23H18N4O4S/c28-20(15-26-14-18(27(30)31)11-12-21(26)29)25-23-24-19(13-16-7-3-1-4-8-16)22(32-23)17-9-5-2-6-10-17/h1-12,14H,13,15H2,(H,24,25,28). The van der Waals surface area contributed by atoms with Gasteiger partial charge in [-0.05, 0) is 11.1 Å². The van der Waals surface area contributed by atoms with Gasteiger partial charge in [0.05, 0.1) is 21.7 Å². The highest BCUT2D eigenvalue weighted by molar-refractivity contribution is 7.19. The Morgan fingerprint density at radius 1 is 1.03 bits per heavy atom. The van der Waals surface area contributed by atoms with Gasteiger partial charge in [-0.3, -0.25) is 24.3 Å². The summed E-state index contributed by atoms with van der Waals surface area (Å²) in [4.78, 5) is 40.4. The molecule has 9 heteroatoms. The lowest BCUT2D eigenvalue weighted by Crippen LogP contribution is -2.26. The molecule has 2 aromatic heterocycles. The molecule has 0 saturated carbocycles. The van der Waals surface area contributed by atoms with Crippen molar-refractivity contribution in [1.82, 2.24) is 9.55 Å². The number of anilines is 1. The van der Waals surface area contributed by atoms with Gasteiger partial charge in [-0.2, -0.15) is 0 Å². The van der Waals surface area contributed by atoms with E-state index in [1.807, 2.05) is 60.7 Å². The van der Waals surface area contributed by atoms with Gasteiger partial charge in [0.1, 0.15) is 6.54 Å². The fourth-order valence-electron chi connectivity index (χ4n) is 3.19. The molecule has 0 atom stereocenters. The molecular weight excluding hydrogens is 428 g/mol. The van der Waals surface area contributed by atoms with E-state index in [2.05, 4.69) is 10.3 Å². The average Bonchev–Trinajstić information content (AvgIpc) is 3.18. The van der Waals surface area contributed by atoms with Crippen LogP contribution in [0.4, 0.5) is 10.8 Å². The molecule has 0 spiro atoms. The average molecular weight is 446 g/mol. The Kier molecular flexibility index (Phi) is 6.18. The summed E-state index contributed by atoms with van der Waals surface area (Å²) in [6.07, 6.45) is 1.65. The molecule has 160 valence electrons. The summed E-state index contributed by atoms with van der Waals surface area (Å²) < 4.78 is 1.00. The fraction of sp³-hybridized carbons (Fsp3) is 0.0870. The molecular formula is C23H18N4O4S. The van der Waals surface area contributed by atoms with Crippen molar-refractivity contribution in [3.05, 3.63) is 111 Å². The van der Waals surface area contributed by atoms with Crippen LogP contribution in [0.15, 0.2) is 83.8 Å². The van der Waals surface area contributed by atoms with Crippen molar-refractivity contribution in [3.63, 3.8) is 0 Å². The molecule has 0 radical (unpaired) electrons. The lowest BCUT2D eigenvalue weighted by molar-refractivity contribution is -0.385. The zero-order valence-electron chi connectivity index (χ0n) is 16.8. The van der Waals surface area contributed by atoms with Gasteiger partial charge in [-0.1, -0.05) is 72.0 Å². The van der Waals surface area contributed by atoms with E-state index >= 15 is 0 Å². The van der Waals surface area contributed by atoms with Gasteiger partial charge in [0, 0.05) is 18.6 Å². The molecule has 0 unspecified atom stereocenters. The van der Waals surface area contributed by atoms with Crippen molar-refractivity contribution in [2.45, 2.75) is 13.0 Å². The molecule has 0 aliphatic carbocycles. The lowest BCUT2D eigenvalue weighted by atomic mass is 10.1. The Labute approximate surface area is 187 Å². The van der Waals surface area contributed by atoms with E-state index < -0.39 is 16.4 Å². The Morgan fingerprint density at radius 3 is 2.41 bits per heavy atom. The van der Waals surface area contributed by atoms with E-state index in [-0.39, 0.29) is 12.2 Å². The SMILES string of the molecule is O=C(Cn1cc([N+](=O)[O-])ccc1=O)Nc1nc(Cc2ccccc2)c(-c2ccccc2)s1. The van der Waals surface area contributed by atoms with Gasteiger partial charge in [0.2, 0.25) is 5.91 Å². The number of nitro groups is 1. The van der Waals surface area contributed by atoms with Gasteiger partial charge < -0.3 is 5.32 Å². The number of carbonyl (C=O) groups is 1. The minimum atomic E-state index is -0.614. The van der Waals surface area contributed by atoms with Crippen molar-refractivity contribution in [3.8, 4) is 10.4 Å². The van der Waals surface area contributed by atoms with E-state index in [0.29, 0.717) is 11.6 Å². The van der Waals surface area contributed by atoms with E-state index in [9.17, 15) is 19.7 Å². The van der Waals surface area contributed by atoms with Gasteiger partial charge in [0.25, 0.3) is 11.2 Å². The highest BCUT2D eigenvalue weighted by atomic mass is 32.1. The molecule has 2 aromatic carbocycles. The number of aromatic nitrogens is 2. The van der Waals surface area contributed by atoms with Crippen LogP contribution in [-0.4, -0.2) is 20.4 Å². The van der Waals surface area contributed by atoms with Gasteiger partial charge in [-0.15, -0.1) is 0 Å². The molecule has 4 aromatic rings. The number of nitrogens with zero attached hydrogens (tertiary/aromatic N) is 3. The molecule has 32 heavy (non-hydrogen) atoms. The Morgan fingerprint density at radius 2 is 1.72 bits per heavy atom. The largest absolute Gasteiger partial charge is 0.300 e. The monoisotopic (exact) mass is 446 g/mol. The topological polar surface area (TPSA) is 107 Å². The van der Waals surface area contributed by atoms with Crippen molar-refractivity contribution in [2.75, 3.05) is 5.32 Å². The van der Waals surface area contributed by atoms with Crippen LogP contribution in [0, 0.1) is 10.1 Å². The van der Waals surface area contributed by atoms with Gasteiger partial charge in [-0.25, -0.2) is 4.98 Å². The van der Waals surface area contributed by atoms with Crippen molar-refractivity contribution >= 4 is 28.1 Å². The van der Waals surface area contributed by atoms with Gasteiger partial charge >= 0.3 is 0 Å². The second-order valence-electron chi connectivity index (χ2n) is 6.98. The Balaban J connectivity index is 1.59. The van der Waals surface area contributed by atoms with Crippen LogP contribution >= 0.6 is 11.3 Å². The van der Waals surface area contributed by atoms with E-state index in [4.69, 9.17) is 0 Å². The summed E-state index contributed by atoms with van der Waals surface area (Å²) in [6, 6.07) is 21.9. The molecule has 0 fully saturated rings. The van der Waals surface area contributed by atoms with Crippen LogP contribution in [0.1, 0.15) is 11.3 Å². The summed E-state index contributed by atoms with van der Waals surface area (Å²) in [6.45, 7) is -0.352. The quantitative estimate of drug-likeness (QED) is 0.340. The molecule has 1 amide bonds. The first-order chi connectivity index (χ1) is 15.5. The number of carbonyl (C=O) groups excluding carboxylic acids is 1. The van der Waals surface area contributed by atoms with Crippen LogP contribution in [0.2, 0.25) is 0 Å². The van der Waals surface area contributed by atoms with Crippen LogP contribution in [0.3, 0.4) is 0 Å². The Hall–Kier alpha value is -4.11. The molecule has 0 bridgehead atoms. The molecule has 0 aliphatic heterocycles. The number of rotatable bonds is 7. The summed E-state index contributed by atoms with van der Waals surface area (Å²) in [7, 11) is 0. The van der Waals surface area contributed by atoms with Crippen molar-refractivity contribution in [2.24, 2.45) is 0 Å². The first-order valence-corrected chi connectivity index (χ1v) is 10.5. The van der Waals surface area contributed by atoms with Gasteiger partial charge in [0.15, 0.2) is 5.13 Å². The van der Waals surface area contributed by atoms with E-state index in [0.717, 1.165) is 44.6 Å². The first kappa shape index (κ1) is 21.1. The third-order valence-electron chi connectivity index (χ3n) is 4.69. The van der Waals surface area contributed by atoms with Crippen LogP contribution in [-0.2, 0) is 17.8 Å². The summed E-state index contributed by atoms with van der Waals surface area (Å²) >= 11 is 1.34. The predicted octanol–water partition coefficient (Wildman–Crippen LogP) is 4.11. The molecule has 4 rings (SSSR count). The maximum Gasteiger partial charge on any atom is 0.285 e. The third kappa shape index (κ3) is 4.96. The zero-order valence-corrected chi connectivity index (χ0v) is 17.6. The number of pyridine rings is 1. The number of nitrogens with one attached hydrogen (secondary N) is 1. The molecule has 0 aliphatic rings. The number of hydrogen-bond donors (Lipinski definition) is 1. The minimum Gasteiger partial charge on any atom is -0.300 e. The van der Waals surface area contributed by atoms with Crippen LogP contribution in [0.25, 0.3) is 10.4 Å². The number of benzene rings is 2. The smallest absolute Gasteiger partial charge is 0.285 e. The first-order valence-electron chi connectivity index (χ1n) is 9.73. The minimum absolute atomic E-state index is 0.261. The second kappa shape index (κ2) is 9.36. The predicted molar refractivity (Wildman–Crippen MR) is 123 cm³/mol. The number of thiazole rings is 1. The van der Waals surface area contributed by atoms with Crippen molar-refractivity contribution < 1.29 is 9.72 Å². The van der Waals surface area contributed by atoms with E-state index in [1.165, 1.54) is 11.3 Å². The maximum atomic E-state index is 12.6. The molecule has 2 heterocycles. The van der Waals surface area contributed by atoms with Crippen LogP contribution < -0.4 is 10.9 Å². The second-order valence-corrected chi connectivity index (χ2v) is 7.98. The normalized spacial score (nSPS) is 10.6. The number of amides is 1. The Bertz CT molecular complexity index is 1320. The zero-order chi connectivity index (χ0) is 22.5. The lowest BCUT2D eigenvalue weighted by Gasteiger charge is -2.05. The van der Waals surface area contributed by atoms with Crippen molar-refractivity contribution in [1.29, 1.82) is 0 Å². The maximum absolute atomic E-state index is 12.6.